The number of piperidine rings is 1. The summed E-state index contributed by atoms with van der Waals surface area (Å²) in [5.74, 6) is 1.55. The number of para-hydroxylation sites is 1. The van der Waals surface area contributed by atoms with Gasteiger partial charge in [-0.15, -0.1) is 0 Å². The molecule has 0 saturated carbocycles. The standard InChI is InChI=1S/C28H31ClN4O3/c29-21-4-5-23-24(17-33(25(23)16-21)18-26(34)31-13-9-30-10-14-31)28(35)32-11-6-19(7-12-32)22-3-1-2-20-8-15-36-27(20)22/h1-5,16-17,19,30H,6-15,18H2. The molecule has 0 spiro atoms. The average molecular weight is 507 g/mol. The largest absolute Gasteiger partial charge is 0.493 e. The summed E-state index contributed by atoms with van der Waals surface area (Å²) >= 11 is 6.31. The lowest BCUT2D eigenvalue weighted by atomic mass is 9.87. The van der Waals surface area contributed by atoms with Gasteiger partial charge in [0.1, 0.15) is 12.3 Å². The van der Waals surface area contributed by atoms with Crippen molar-refractivity contribution < 1.29 is 14.3 Å². The van der Waals surface area contributed by atoms with Crippen LogP contribution in [0.4, 0.5) is 0 Å². The molecule has 0 atom stereocenters. The number of nitrogens with one attached hydrogen (secondary N) is 1. The molecule has 36 heavy (non-hydrogen) atoms. The van der Waals surface area contributed by atoms with Crippen molar-refractivity contribution in [3.8, 4) is 5.75 Å². The number of fused-ring (bicyclic) bond motifs is 2. The van der Waals surface area contributed by atoms with Crippen LogP contribution in [0.25, 0.3) is 10.9 Å². The van der Waals surface area contributed by atoms with Gasteiger partial charge in [-0.1, -0.05) is 35.9 Å². The molecule has 2 fully saturated rings. The van der Waals surface area contributed by atoms with Crippen molar-refractivity contribution >= 4 is 34.3 Å². The summed E-state index contributed by atoms with van der Waals surface area (Å²) in [4.78, 5) is 30.5. The van der Waals surface area contributed by atoms with Gasteiger partial charge in [-0.3, -0.25) is 9.59 Å². The normalized spacial score (nSPS) is 18.4. The highest BCUT2D eigenvalue weighted by Gasteiger charge is 2.30. The molecule has 1 aromatic heterocycles. The van der Waals surface area contributed by atoms with Gasteiger partial charge in [0.05, 0.1) is 17.7 Å². The molecule has 2 saturated heterocycles. The Hall–Kier alpha value is -3.03. The topological polar surface area (TPSA) is 66.8 Å². The van der Waals surface area contributed by atoms with Gasteiger partial charge in [0, 0.05) is 62.3 Å². The number of hydrogen-bond donors (Lipinski definition) is 1. The van der Waals surface area contributed by atoms with Crippen molar-refractivity contribution in [1.82, 2.24) is 19.7 Å². The maximum absolute atomic E-state index is 13.7. The van der Waals surface area contributed by atoms with Crippen molar-refractivity contribution in [1.29, 1.82) is 0 Å². The van der Waals surface area contributed by atoms with Crippen LogP contribution in [0.3, 0.4) is 0 Å². The Morgan fingerprint density at radius 1 is 1.03 bits per heavy atom. The molecule has 8 heteroatoms. The SMILES string of the molecule is O=C(Cn1cc(C(=O)N2CCC(c3cccc4c3OCC4)CC2)c2ccc(Cl)cc21)N1CCNCC1. The van der Waals surface area contributed by atoms with Crippen LogP contribution in [0, 0.1) is 0 Å². The molecule has 2 aromatic carbocycles. The molecule has 7 nitrogen and oxygen atoms in total. The van der Waals surface area contributed by atoms with Crippen molar-refractivity contribution in [3.05, 3.63) is 64.3 Å². The highest BCUT2D eigenvalue weighted by molar-refractivity contribution is 6.31. The molecule has 3 aliphatic heterocycles. The molecule has 0 radical (unpaired) electrons. The highest BCUT2D eigenvalue weighted by Crippen LogP contribution is 2.39. The van der Waals surface area contributed by atoms with Crippen LogP contribution in [-0.2, 0) is 17.8 Å². The number of halogens is 1. The molecule has 4 heterocycles. The van der Waals surface area contributed by atoms with E-state index in [1.807, 2.05) is 38.8 Å². The lowest BCUT2D eigenvalue weighted by molar-refractivity contribution is -0.132. The van der Waals surface area contributed by atoms with Crippen LogP contribution in [0.1, 0.15) is 40.2 Å². The minimum absolute atomic E-state index is 0.0173. The summed E-state index contributed by atoms with van der Waals surface area (Å²) in [5, 5.41) is 4.71. The minimum atomic E-state index is 0.0173. The van der Waals surface area contributed by atoms with E-state index in [1.165, 1.54) is 11.1 Å². The van der Waals surface area contributed by atoms with E-state index >= 15 is 0 Å². The second-order valence-corrected chi connectivity index (χ2v) is 10.4. The van der Waals surface area contributed by atoms with Crippen LogP contribution in [0.15, 0.2) is 42.6 Å². The number of hydrogen-bond acceptors (Lipinski definition) is 4. The minimum Gasteiger partial charge on any atom is -0.493 e. The average Bonchev–Trinajstić information content (AvgIpc) is 3.54. The van der Waals surface area contributed by atoms with Gasteiger partial charge in [-0.2, -0.15) is 0 Å². The summed E-state index contributed by atoms with van der Waals surface area (Å²) in [6, 6.07) is 12.0. The van der Waals surface area contributed by atoms with Gasteiger partial charge in [0.2, 0.25) is 5.91 Å². The predicted molar refractivity (Wildman–Crippen MR) is 140 cm³/mol. The number of carbonyl (C=O) groups excluding carboxylic acids is 2. The van der Waals surface area contributed by atoms with Crippen molar-refractivity contribution in [2.24, 2.45) is 0 Å². The molecule has 188 valence electrons. The summed E-state index contributed by atoms with van der Waals surface area (Å²) < 4.78 is 7.82. The molecule has 6 rings (SSSR count). The first-order chi connectivity index (χ1) is 17.6. The number of piperazine rings is 1. The van der Waals surface area contributed by atoms with Gasteiger partial charge in [-0.25, -0.2) is 0 Å². The molecule has 2 amide bonds. The van der Waals surface area contributed by atoms with E-state index in [0.717, 1.165) is 55.6 Å². The van der Waals surface area contributed by atoms with Crippen LogP contribution in [0.5, 0.6) is 5.75 Å². The number of rotatable bonds is 4. The lowest BCUT2D eigenvalue weighted by Crippen LogP contribution is -2.47. The molecule has 0 aliphatic carbocycles. The van der Waals surface area contributed by atoms with E-state index < -0.39 is 0 Å². The van der Waals surface area contributed by atoms with E-state index in [-0.39, 0.29) is 18.4 Å². The second kappa shape index (κ2) is 9.79. The van der Waals surface area contributed by atoms with Gasteiger partial charge >= 0.3 is 0 Å². The van der Waals surface area contributed by atoms with E-state index in [2.05, 4.69) is 23.5 Å². The van der Waals surface area contributed by atoms with E-state index in [1.54, 1.807) is 0 Å². The van der Waals surface area contributed by atoms with Crippen molar-refractivity contribution in [2.75, 3.05) is 45.9 Å². The second-order valence-electron chi connectivity index (χ2n) is 9.96. The Morgan fingerprint density at radius 3 is 2.64 bits per heavy atom. The monoisotopic (exact) mass is 506 g/mol. The highest BCUT2D eigenvalue weighted by atomic mass is 35.5. The maximum atomic E-state index is 13.7. The third-order valence-electron chi connectivity index (χ3n) is 7.82. The van der Waals surface area contributed by atoms with Gasteiger partial charge in [-0.05, 0) is 42.0 Å². The third kappa shape index (κ3) is 4.35. The van der Waals surface area contributed by atoms with Gasteiger partial charge in [0.15, 0.2) is 0 Å². The third-order valence-corrected chi connectivity index (χ3v) is 8.05. The first-order valence-electron chi connectivity index (χ1n) is 12.9. The van der Waals surface area contributed by atoms with Crippen LogP contribution in [-0.4, -0.2) is 72.1 Å². The molecule has 3 aromatic rings. The fraction of sp³-hybridized carbons (Fsp3) is 0.429. The molecule has 1 N–H and O–H groups in total. The zero-order valence-electron chi connectivity index (χ0n) is 20.3. The van der Waals surface area contributed by atoms with Crippen LogP contribution in [0.2, 0.25) is 5.02 Å². The fourth-order valence-corrected chi connectivity index (χ4v) is 6.02. The molecule has 0 bridgehead atoms. The summed E-state index contributed by atoms with van der Waals surface area (Å²) in [7, 11) is 0. The van der Waals surface area contributed by atoms with Gasteiger partial charge in [0.25, 0.3) is 5.91 Å². The first-order valence-corrected chi connectivity index (χ1v) is 13.3. The number of carbonyl (C=O) groups is 2. The lowest BCUT2D eigenvalue weighted by Gasteiger charge is -2.32. The Balaban J connectivity index is 1.21. The summed E-state index contributed by atoms with van der Waals surface area (Å²) in [5.41, 5.74) is 4.04. The summed E-state index contributed by atoms with van der Waals surface area (Å²) in [6.07, 6.45) is 4.65. The van der Waals surface area contributed by atoms with Gasteiger partial charge < -0.3 is 24.4 Å². The van der Waals surface area contributed by atoms with E-state index in [0.29, 0.717) is 42.7 Å². The first kappa shape index (κ1) is 23.4. The molecule has 0 unspecified atom stereocenters. The zero-order chi connectivity index (χ0) is 24.6. The number of likely N-dealkylation sites (tertiary alicyclic amines) is 1. The summed E-state index contributed by atoms with van der Waals surface area (Å²) in [6.45, 7) is 5.38. The van der Waals surface area contributed by atoms with Crippen LogP contribution >= 0.6 is 11.6 Å². The number of amides is 2. The van der Waals surface area contributed by atoms with E-state index in [4.69, 9.17) is 16.3 Å². The number of aromatic nitrogens is 1. The molecule has 3 aliphatic rings. The predicted octanol–water partition coefficient (Wildman–Crippen LogP) is 3.68. The Labute approximate surface area is 215 Å². The van der Waals surface area contributed by atoms with E-state index in [9.17, 15) is 9.59 Å². The fourth-order valence-electron chi connectivity index (χ4n) is 5.85. The van der Waals surface area contributed by atoms with Crippen molar-refractivity contribution in [2.45, 2.75) is 31.7 Å². The number of nitrogens with zero attached hydrogens (tertiary/aromatic N) is 3. The molecular formula is C28H31ClN4O3. The Morgan fingerprint density at radius 2 is 1.83 bits per heavy atom. The van der Waals surface area contributed by atoms with Crippen LogP contribution < -0.4 is 10.1 Å². The maximum Gasteiger partial charge on any atom is 0.256 e. The Bertz CT molecular complexity index is 1310. The number of benzene rings is 2. The number of ether oxygens (including phenoxy) is 1. The zero-order valence-corrected chi connectivity index (χ0v) is 21.1. The molecular weight excluding hydrogens is 476 g/mol. The quantitative estimate of drug-likeness (QED) is 0.586. The Kier molecular flexibility index (Phi) is 6.36. The van der Waals surface area contributed by atoms with Crippen molar-refractivity contribution in [3.63, 3.8) is 0 Å². The smallest absolute Gasteiger partial charge is 0.256 e.